The van der Waals surface area contributed by atoms with Gasteiger partial charge in [-0.2, -0.15) is 4.98 Å². The summed E-state index contributed by atoms with van der Waals surface area (Å²) in [5.41, 5.74) is 1.01. The van der Waals surface area contributed by atoms with Crippen molar-refractivity contribution in [3.05, 3.63) is 36.2 Å². The van der Waals surface area contributed by atoms with Crippen LogP contribution in [0.25, 0.3) is 11.2 Å². The van der Waals surface area contributed by atoms with E-state index in [4.69, 9.17) is 14.2 Å². The van der Waals surface area contributed by atoms with Crippen LogP contribution in [0.3, 0.4) is 0 Å². The van der Waals surface area contributed by atoms with Crippen LogP contribution >= 0.6 is 0 Å². The van der Waals surface area contributed by atoms with E-state index in [1.165, 1.54) is 0 Å². The maximum absolute atomic E-state index is 10.5. The fraction of sp³-hybridized carbons (Fsp3) is 0.474. The molecule has 146 valence electrons. The molecule has 5 rings (SSSR count). The Morgan fingerprint density at radius 2 is 1.89 bits per heavy atom. The molecule has 3 heterocycles. The molecule has 0 radical (unpaired) electrons. The number of aliphatic hydroxyl groups is 1. The molecule has 2 aromatic heterocycles. The average molecular weight is 383 g/mol. The van der Waals surface area contributed by atoms with Crippen LogP contribution in [0.15, 0.2) is 30.3 Å². The summed E-state index contributed by atoms with van der Waals surface area (Å²) in [4.78, 5) is 8.91. The topological polar surface area (TPSA) is 104 Å². The Balaban J connectivity index is 1.55. The molecule has 0 spiro atoms. The van der Waals surface area contributed by atoms with Gasteiger partial charge in [-0.1, -0.05) is 23.4 Å². The second-order valence-corrected chi connectivity index (χ2v) is 7.63. The minimum atomic E-state index is -0.752. The van der Waals surface area contributed by atoms with Crippen LogP contribution in [-0.2, 0) is 9.47 Å². The molecule has 3 aromatic rings. The van der Waals surface area contributed by atoms with Gasteiger partial charge < -0.3 is 19.3 Å². The fourth-order valence-corrected chi connectivity index (χ4v) is 3.97. The molecular formula is C19H21N5O4. The number of para-hydroxylation sites is 1. The summed E-state index contributed by atoms with van der Waals surface area (Å²) in [5, 5.41) is 19.0. The molecule has 1 saturated heterocycles. The summed E-state index contributed by atoms with van der Waals surface area (Å²) in [6.07, 6.45) is -0.924. The summed E-state index contributed by atoms with van der Waals surface area (Å²) >= 11 is 0. The van der Waals surface area contributed by atoms with E-state index >= 15 is 0 Å². The third kappa shape index (κ3) is 2.83. The summed E-state index contributed by atoms with van der Waals surface area (Å²) in [7, 11) is 0. The zero-order valence-electron chi connectivity index (χ0n) is 15.8. The van der Waals surface area contributed by atoms with Gasteiger partial charge in [-0.15, -0.1) is 5.10 Å². The molecular weight excluding hydrogens is 362 g/mol. The highest BCUT2D eigenvalue weighted by atomic mass is 16.8. The van der Waals surface area contributed by atoms with Crippen molar-refractivity contribution < 1.29 is 19.3 Å². The minimum Gasteiger partial charge on any atom is -0.437 e. The van der Waals surface area contributed by atoms with Crippen molar-refractivity contribution in [2.75, 3.05) is 0 Å². The molecule has 0 unspecified atom stereocenters. The summed E-state index contributed by atoms with van der Waals surface area (Å²) in [5.74, 6) is 0.791. The number of ether oxygens (including phenoxy) is 3. The third-order valence-electron chi connectivity index (χ3n) is 5.08. The molecule has 2 fully saturated rings. The molecule has 1 saturated carbocycles. The van der Waals surface area contributed by atoms with Crippen LogP contribution in [-0.4, -0.2) is 54.2 Å². The second kappa shape index (κ2) is 6.20. The lowest BCUT2D eigenvalue weighted by Crippen LogP contribution is -2.29. The SMILES string of the molecule is Cc1nc(Oc2ccccc2)c2nnn([C@@H]3C[C@H](O)[C@H]4OC(C)(C)O[C@H]43)c2n1. The zero-order valence-corrected chi connectivity index (χ0v) is 15.8. The van der Waals surface area contributed by atoms with Crippen LogP contribution < -0.4 is 4.74 Å². The zero-order chi connectivity index (χ0) is 19.5. The number of rotatable bonds is 3. The molecule has 28 heavy (non-hydrogen) atoms. The maximum atomic E-state index is 10.5. The molecule has 1 aliphatic heterocycles. The van der Waals surface area contributed by atoms with Gasteiger partial charge in [0.2, 0.25) is 0 Å². The molecule has 9 heteroatoms. The van der Waals surface area contributed by atoms with E-state index in [0.29, 0.717) is 35.0 Å². The van der Waals surface area contributed by atoms with Gasteiger partial charge >= 0.3 is 0 Å². The number of aliphatic hydroxyl groups excluding tert-OH is 1. The van der Waals surface area contributed by atoms with Crippen molar-refractivity contribution in [3.8, 4) is 11.6 Å². The van der Waals surface area contributed by atoms with E-state index in [-0.39, 0.29) is 12.1 Å². The molecule has 1 N–H and O–H groups in total. The van der Waals surface area contributed by atoms with Crippen LogP contribution in [0.5, 0.6) is 11.6 Å². The van der Waals surface area contributed by atoms with E-state index in [9.17, 15) is 5.11 Å². The predicted octanol–water partition coefficient (Wildman–Crippen LogP) is 2.15. The number of hydrogen-bond acceptors (Lipinski definition) is 8. The number of hydrogen-bond donors (Lipinski definition) is 1. The van der Waals surface area contributed by atoms with Crippen molar-refractivity contribution in [3.63, 3.8) is 0 Å². The Labute approximate surface area is 161 Å². The molecule has 9 nitrogen and oxygen atoms in total. The summed E-state index contributed by atoms with van der Waals surface area (Å²) in [6.45, 7) is 5.47. The van der Waals surface area contributed by atoms with Crippen molar-refractivity contribution in [2.45, 2.75) is 57.3 Å². The van der Waals surface area contributed by atoms with E-state index in [0.717, 1.165) is 0 Å². The highest BCUT2D eigenvalue weighted by Gasteiger charge is 2.55. The number of benzene rings is 1. The van der Waals surface area contributed by atoms with Gasteiger partial charge in [0.05, 0.1) is 12.1 Å². The normalized spacial score (nSPS) is 28.6. The third-order valence-corrected chi connectivity index (χ3v) is 5.08. The van der Waals surface area contributed by atoms with Crippen LogP contribution in [0, 0.1) is 6.92 Å². The Hall–Kier alpha value is -2.62. The lowest BCUT2D eigenvalue weighted by atomic mass is 10.2. The van der Waals surface area contributed by atoms with Gasteiger partial charge in [0.25, 0.3) is 5.88 Å². The fourth-order valence-electron chi connectivity index (χ4n) is 3.97. The van der Waals surface area contributed by atoms with Gasteiger partial charge in [0, 0.05) is 6.42 Å². The first-order chi connectivity index (χ1) is 13.4. The minimum absolute atomic E-state index is 0.245. The van der Waals surface area contributed by atoms with E-state index in [2.05, 4.69) is 20.3 Å². The Bertz CT molecular complexity index is 1020. The first-order valence-electron chi connectivity index (χ1n) is 9.27. The van der Waals surface area contributed by atoms with E-state index in [1.807, 2.05) is 44.2 Å². The number of aryl methyl sites for hydroxylation is 1. The quantitative estimate of drug-likeness (QED) is 0.734. The van der Waals surface area contributed by atoms with Crippen molar-refractivity contribution >= 4 is 11.2 Å². The van der Waals surface area contributed by atoms with Crippen LogP contribution in [0.4, 0.5) is 0 Å². The molecule has 4 atom stereocenters. The number of nitrogens with zero attached hydrogens (tertiary/aromatic N) is 5. The molecule has 0 bridgehead atoms. The number of fused-ring (bicyclic) bond motifs is 2. The van der Waals surface area contributed by atoms with Gasteiger partial charge in [0.1, 0.15) is 23.8 Å². The first kappa shape index (κ1) is 17.5. The molecule has 0 amide bonds. The van der Waals surface area contributed by atoms with Crippen molar-refractivity contribution in [1.29, 1.82) is 0 Å². The lowest BCUT2D eigenvalue weighted by molar-refractivity contribution is -0.165. The van der Waals surface area contributed by atoms with Gasteiger partial charge in [0.15, 0.2) is 17.0 Å². The first-order valence-corrected chi connectivity index (χ1v) is 9.27. The standard InChI is InChI=1S/C19H21N5O4/c1-10-20-17-14(18(21-10)26-11-7-5-4-6-8-11)22-23-24(17)12-9-13(25)16-15(12)27-19(2,3)28-16/h4-8,12-13,15-16,25H,9H2,1-3H3/t12-,13+,15+,16-/m1/s1. The van der Waals surface area contributed by atoms with Crippen molar-refractivity contribution in [1.82, 2.24) is 25.0 Å². The molecule has 2 aliphatic rings. The summed E-state index contributed by atoms with van der Waals surface area (Å²) < 4.78 is 19.5. The average Bonchev–Trinajstić information content (AvgIpc) is 3.28. The lowest BCUT2D eigenvalue weighted by Gasteiger charge is -2.22. The van der Waals surface area contributed by atoms with Gasteiger partial charge in [-0.3, -0.25) is 0 Å². The monoisotopic (exact) mass is 383 g/mol. The molecule has 1 aliphatic carbocycles. The molecule has 1 aromatic carbocycles. The Morgan fingerprint density at radius 1 is 1.14 bits per heavy atom. The highest BCUT2D eigenvalue weighted by Crippen LogP contribution is 2.44. The van der Waals surface area contributed by atoms with Crippen molar-refractivity contribution in [2.24, 2.45) is 0 Å². The number of aromatic nitrogens is 5. The van der Waals surface area contributed by atoms with Gasteiger partial charge in [-0.05, 0) is 32.9 Å². The predicted molar refractivity (Wildman–Crippen MR) is 97.9 cm³/mol. The maximum Gasteiger partial charge on any atom is 0.253 e. The van der Waals surface area contributed by atoms with Gasteiger partial charge in [-0.25, -0.2) is 9.67 Å². The van der Waals surface area contributed by atoms with E-state index < -0.39 is 18.0 Å². The second-order valence-electron chi connectivity index (χ2n) is 7.63. The van der Waals surface area contributed by atoms with Crippen LogP contribution in [0.1, 0.15) is 32.1 Å². The van der Waals surface area contributed by atoms with E-state index in [1.54, 1.807) is 11.6 Å². The Morgan fingerprint density at radius 3 is 2.68 bits per heavy atom. The smallest absolute Gasteiger partial charge is 0.253 e. The highest BCUT2D eigenvalue weighted by molar-refractivity contribution is 5.76. The van der Waals surface area contributed by atoms with Crippen LogP contribution in [0.2, 0.25) is 0 Å². The summed E-state index contributed by atoms with van der Waals surface area (Å²) in [6, 6.07) is 9.13. The largest absolute Gasteiger partial charge is 0.437 e. The Kier molecular flexibility index (Phi) is 3.87.